The lowest BCUT2D eigenvalue weighted by Crippen LogP contribution is -2.31. The summed E-state index contributed by atoms with van der Waals surface area (Å²) in [5.74, 6) is 1.26. The molecule has 1 saturated carbocycles. The van der Waals surface area contributed by atoms with Gasteiger partial charge in [0.2, 0.25) is 5.91 Å². The van der Waals surface area contributed by atoms with Crippen molar-refractivity contribution in [2.24, 2.45) is 18.4 Å². The van der Waals surface area contributed by atoms with Gasteiger partial charge in [0.15, 0.2) is 11.6 Å². The van der Waals surface area contributed by atoms with Gasteiger partial charge >= 0.3 is 0 Å². The number of hydrogen-bond donors (Lipinski definition) is 1. The van der Waals surface area contributed by atoms with Crippen LogP contribution in [0.1, 0.15) is 6.42 Å². The van der Waals surface area contributed by atoms with Crippen molar-refractivity contribution in [3.63, 3.8) is 0 Å². The molecule has 2 unspecified atom stereocenters. The number of benzene rings is 1. The normalized spacial score (nSPS) is 21.4. The number of fused-ring (bicyclic) bond motifs is 2. The molecule has 1 amide bonds. The van der Waals surface area contributed by atoms with Gasteiger partial charge in [0.1, 0.15) is 23.2 Å². The molecule has 9 heteroatoms. The van der Waals surface area contributed by atoms with Crippen LogP contribution in [0.4, 0.5) is 5.82 Å². The molecule has 2 atom stereocenters. The van der Waals surface area contributed by atoms with Gasteiger partial charge in [-0.05, 0) is 19.4 Å². The maximum absolute atomic E-state index is 13.2. The maximum atomic E-state index is 13.2. The van der Waals surface area contributed by atoms with Gasteiger partial charge in [0, 0.05) is 43.5 Å². The lowest BCUT2D eigenvalue weighted by molar-refractivity contribution is -0.121. The predicted molar refractivity (Wildman–Crippen MR) is 128 cm³/mol. The maximum Gasteiger partial charge on any atom is 0.233 e. The summed E-state index contributed by atoms with van der Waals surface area (Å²) in [4.78, 5) is 29.3. The third kappa shape index (κ3) is 3.23. The van der Waals surface area contributed by atoms with Crippen molar-refractivity contribution in [1.82, 2.24) is 29.6 Å². The van der Waals surface area contributed by atoms with Gasteiger partial charge in [-0.3, -0.25) is 9.48 Å². The van der Waals surface area contributed by atoms with E-state index in [4.69, 9.17) is 9.72 Å². The van der Waals surface area contributed by atoms with E-state index in [0.29, 0.717) is 34.2 Å². The van der Waals surface area contributed by atoms with E-state index in [2.05, 4.69) is 32.3 Å². The molecule has 1 aliphatic heterocycles. The molecule has 34 heavy (non-hydrogen) atoms. The Hall–Kier alpha value is -3.85. The minimum absolute atomic E-state index is 0.00301. The van der Waals surface area contributed by atoms with Gasteiger partial charge < -0.3 is 15.0 Å². The first kappa shape index (κ1) is 20.7. The van der Waals surface area contributed by atoms with Crippen molar-refractivity contribution in [3.05, 3.63) is 48.9 Å². The summed E-state index contributed by atoms with van der Waals surface area (Å²) in [5, 5.41) is 7.72. The third-order valence-corrected chi connectivity index (χ3v) is 6.93. The molecule has 1 aromatic carbocycles. The number of carbonyl (C=O) groups excluding carboxylic acids is 1. The predicted octanol–water partition coefficient (Wildman–Crippen LogP) is 2.99. The highest BCUT2D eigenvalue weighted by Crippen LogP contribution is 2.58. The number of hydrogen-bond acceptors (Lipinski definition) is 7. The Kier molecular flexibility index (Phi) is 4.63. The van der Waals surface area contributed by atoms with Gasteiger partial charge in [0.05, 0.1) is 18.0 Å². The molecule has 4 aromatic rings. The SMILES string of the molecule is COc1cc2ncnc(-c3cn(C)nc3-c3ccccc3)c2nc1NC(=O)C12CC1CN(C)C2. The fourth-order valence-corrected chi connectivity index (χ4v) is 5.20. The molecule has 9 nitrogen and oxygen atoms in total. The number of nitrogens with one attached hydrogen (secondary N) is 1. The molecule has 1 N–H and O–H groups in total. The summed E-state index contributed by atoms with van der Waals surface area (Å²) in [6, 6.07) is 11.8. The molecule has 0 spiro atoms. The Balaban J connectivity index is 1.45. The van der Waals surface area contributed by atoms with Crippen LogP contribution in [-0.2, 0) is 11.8 Å². The van der Waals surface area contributed by atoms with Crippen molar-refractivity contribution in [2.75, 3.05) is 32.6 Å². The van der Waals surface area contributed by atoms with Gasteiger partial charge in [-0.15, -0.1) is 0 Å². The number of pyridine rings is 1. The quantitative estimate of drug-likeness (QED) is 0.494. The third-order valence-electron chi connectivity index (χ3n) is 6.93. The molecule has 3 aromatic heterocycles. The molecule has 4 heterocycles. The zero-order chi connectivity index (χ0) is 23.4. The van der Waals surface area contributed by atoms with Crippen LogP contribution < -0.4 is 10.1 Å². The van der Waals surface area contributed by atoms with Crippen LogP contribution in [0.15, 0.2) is 48.9 Å². The van der Waals surface area contributed by atoms with Crippen LogP contribution in [-0.4, -0.2) is 62.8 Å². The van der Waals surface area contributed by atoms with E-state index in [-0.39, 0.29) is 11.3 Å². The molecule has 6 rings (SSSR count). The van der Waals surface area contributed by atoms with E-state index < -0.39 is 0 Å². The second-order valence-electron chi connectivity index (χ2n) is 9.27. The number of methoxy groups -OCH3 is 1. The van der Waals surface area contributed by atoms with Gasteiger partial charge in [-0.1, -0.05) is 30.3 Å². The van der Waals surface area contributed by atoms with Gasteiger partial charge in [0.25, 0.3) is 0 Å². The summed E-state index contributed by atoms with van der Waals surface area (Å²) in [5.41, 5.74) is 4.17. The van der Waals surface area contributed by atoms with Crippen LogP contribution in [0.2, 0.25) is 0 Å². The standard InChI is InChI=1S/C25H25N7O2/c1-31-11-16-10-25(16,13-31)24(33)29-23-19(34-3)9-18-22(28-23)21(27-14-26-18)17-12-32(2)30-20(17)15-7-5-4-6-8-15/h4-9,12,14,16H,10-11,13H2,1-3H3,(H,28,29,33). The largest absolute Gasteiger partial charge is 0.493 e. The molecule has 0 radical (unpaired) electrons. The number of carbonyl (C=O) groups is 1. The first-order valence-corrected chi connectivity index (χ1v) is 11.3. The van der Waals surface area contributed by atoms with Gasteiger partial charge in [-0.25, -0.2) is 15.0 Å². The van der Waals surface area contributed by atoms with E-state index in [9.17, 15) is 4.79 Å². The highest BCUT2D eigenvalue weighted by Gasteiger charge is 2.64. The molecule has 1 aliphatic carbocycles. The topological polar surface area (TPSA) is 98.1 Å². The lowest BCUT2D eigenvalue weighted by atomic mass is 10.0. The van der Waals surface area contributed by atoms with E-state index in [1.165, 1.54) is 6.33 Å². The summed E-state index contributed by atoms with van der Waals surface area (Å²) >= 11 is 0. The molecular weight excluding hydrogens is 430 g/mol. The Labute approximate surface area is 196 Å². The zero-order valence-electron chi connectivity index (χ0n) is 19.3. The molecule has 2 aliphatic rings. The fourth-order valence-electron chi connectivity index (χ4n) is 5.20. The average molecular weight is 456 g/mol. The molecular formula is C25H25N7O2. The van der Waals surface area contributed by atoms with Crippen LogP contribution in [0.5, 0.6) is 5.75 Å². The Morgan fingerprint density at radius 3 is 2.74 bits per heavy atom. The Morgan fingerprint density at radius 1 is 1.18 bits per heavy atom. The van der Waals surface area contributed by atoms with Crippen molar-refractivity contribution in [2.45, 2.75) is 6.42 Å². The number of ether oxygens (including phenoxy) is 1. The molecule has 2 fully saturated rings. The Bertz CT molecular complexity index is 1420. The van der Waals surface area contributed by atoms with Crippen molar-refractivity contribution < 1.29 is 9.53 Å². The number of piperidine rings is 1. The second-order valence-corrected chi connectivity index (χ2v) is 9.27. The summed E-state index contributed by atoms with van der Waals surface area (Å²) in [6.45, 7) is 1.72. The lowest BCUT2D eigenvalue weighted by Gasteiger charge is -2.17. The number of anilines is 1. The Morgan fingerprint density at radius 2 is 2.00 bits per heavy atom. The van der Waals surface area contributed by atoms with Crippen molar-refractivity contribution in [3.8, 4) is 28.3 Å². The monoisotopic (exact) mass is 455 g/mol. The minimum atomic E-state index is -0.323. The zero-order valence-corrected chi connectivity index (χ0v) is 19.3. The highest BCUT2D eigenvalue weighted by atomic mass is 16.5. The number of nitrogens with zero attached hydrogens (tertiary/aromatic N) is 6. The number of rotatable bonds is 5. The van der Waals surface area contributed by atoms with E-state index in [1.54, 1.807) is 17.9 Å². The van der Waals surface area contributed by atoms with Gasteiger partial charge in [-0.2, -0.15) is 5.10 Å². The molecule has 172 valence electrons. The number of amides is 1. The van der Waals surface area contributed by atoms with Crippen LogP contribution in [0.25, 0.3) is 33.5 Å². The fraction of sp³-hybridized carbons (Fsp3) is 0.320. The van der Waals surface area contributed by atoms with Crippen LogP contribution in [0, 0.1) is 11.3 Å². The summed E-state index contributed by atoms with van der Waals surface area (Å²) < 4.78 is 7.33. The summed E-state index contributed by atoms with van der Waals surface area (Å²) in [7, 11) is 5.50. The van der Waals surface area contributed by atoms with E-state index in [0.717, 1.165) is 36.3 Å². The average Bonchev–Trinajstić information content (AvgIpc) is 3.21. The first-order chi connectivity index (χ1) is 16.5. The van der Waals surface area contributed by atoms with E-state index in [1.807, 2.05) is 43.6 Å². The van der Waals surface area contributed by atoms with Crippen molar-refractivity contribution >= 4 is 22.8 Å². The number of likely N-dealkylation sites (tertiary alicyclic amines) is 1. The minimum Gasteiger partial charge on any atom is -0.493 e. The summed E-state index contributed by atoms with van der Waals surface area (Å²) in [6.07, 6.45) is 4.36. The van der Waals surface area contributed by atoms with E-state index >= 15 is 0 Å². The molecule has 1 saturated heterocycles. The van der Waals surface area contributed by atoms with Crippen LogP contribution >= 0.6 is 0 Å². The number of aryl methyl sites for hydroxylation is 1. The van der Waals surface area contributed by atoms with Crippen molar-refractivity contribution in [1.29, 1.82) is 0 Å². The van der Waals surface area contributed by atoms with Crippen LogP contribution in [0.3, 0.4) is 0 Å². The smallest absolute Gasteiger partial charge is 0.233 e. The number of aromatic nitrogens is 5. The molecule has 0 bridgehead atoms. The highest BCUT2D eigenvalue weighted by molar-refractivity contribution is 6.01. The second kappa shape index (κ2) is 7.59. The first-order valence-electron chi connectivity index (χ1n) is 11.3.